The van der Waals surface area contributed by atoms with Gasteiger partial charge in [-0.25, -0.2) is 0 Å². The lowest BCUT2D eigenvalue weighted by Gasteiger charge is -2.33. The molecule has 1 fully saturated rings. The van der Waals surface area contributed by atoms with Crippen LogP contribution in [0.25, 0.3) is 0 Å². The minimum atomic E-state index is -0.195. The van der Waals surface area contributed by atoms with E-state index in [0.29, 0.717) is 31.5 Å². The predicted octanol–water partition coefficient (Wildman–Crippen LogP) is 22.9. The zero-order chi connectivity index (χ0) is 62.1. The van der Waals surface area contributed by atoms with E-state index in [1.165, 1.54) is 206 Å². The van der Waals surface area contributed by atoms with Crippen LogP contribution in [-0.4, -0.2) is 66.8 Å². The van der Waals surface area contributed by atoms with Crippen molar-refractivity contribution < 1.29 is 47.6 Å². The number of carbonyl (C=O) groups is 4. The Labute approximate surface area is 511 Å². The molecule has 1 aliphatic rings. The van der Waals surface area contributed by atoms with Gasteiger partial charge in [0.25, 0.3) is 0 Å². The highest BCUT2D eigenvalue weighted by Crippen LogP contribution is 2.23. The summed E-state index contributed by atoms with van der Waals surface area (Å²) in [6, 6.07) is 0. The molecule has 1 rings (SSSR count). The first-order chi connectivity index (χ1) is 39.5. The molecule has 0 aromatic carbocycles. The van der Waals surface area contributed by atoms with Gasteiger partial charge in [-0.2, -0.15) is 0 Å². The third-order valence-electron chi connectivity index (χ3n) is 15.4. The molecule has 492 valence electrons. The fraction of sp³-hybridized carbons (Fsp3) is 0.944. The van der Waals surface area contributed by atoms with E-state index < -0.39 is 0 Å². The van der Waals surface area contributed by atoms with Crippen LogP contribution in [0.5, 0.6) is 0 Å². The highest BCUT2D eigenvalue weighted by atomic mass is 16.7. The van der Waals surface area contributed by atoms with Gasteiger partial charge in [-0.3, -0.25) is 19.2 Å². The van der Waals surface area contributed by atoms with Crippen molar-refractivity contribution in [1.29, 1.82) is 0 Å². The molecule has 10 nitrogen and oxygen atoms in total. The first-order valence-corrected chi connectivity index (χ1v) is 35.6. The minimum Gasteiger partial charge on any atom is -0.463 e. The van der Waals surface area contributed by atoms with Crippen molar-refractivity contribution in [1.82, 2.24) is 0 Å². The molecule has 1 saturated heterocycles. The van der Waals surface area contributed by atoms with Gasteiger partial charge in [0.05, 0.1) is 36.6 Å². The van der Waals surface area contributed by atoms with Gasteiger partial charge in [0.15, 0.2) is 6.29 Å². The van der Waals surface area contributed by atoms with E-state index in [4.69, 9.17) is 28.4 Å². The first-order valence-electron chi connectivity index (χ1n) is 35.6. The SMILES string of the molecule is CCC(C)OC(C)=O.CCCC1OC(C)CC(CC)O1.CCCCCCCC(=O)OC(C)CC.CCCCCCCCCCCCCCCCCC(=O)OC(C)CC.CCCCCCCCCCCCCCCCCC(=O)OC(C)CC. The highest BCUT2D eigenvalue weighted by Gasteiger charge is 2.25. The van der Waals surface area contributed by atoms with Gasteiger partial charge in [0.1, 0.15) is 0 Å². The van der Waals surface area contributed by atoms with E-state index in [-0.39, 0.29) is 54.6 Å². The molecule has 7 unspecified atom stereocenters. The van der Waals surface area contributed by atoms with E-state index in [2.05, 4.69) is 41.5 Å². The van der Waals surface area contributed by atoms with Crippen LogP contribution >= 0.6 is 0 Å². The van der Waals surface area contributed by atoms with Gasteiger partial charge in [0.2, 0.25) is 0 Å². The maximum Gasteiger partial charge on any atom is 0.306 e. The monoisotopic (exact) mass is 1170 g/mol. The van der Waals surface area contributed by atoms with Crippen molar-refractivity contribution in [2.75, 3.05) is 0 Å². The molecule has 0 amide bonds. The summed E-state index contributed by atoms with van der Waals surface area (Å²) in [6.45, 7) is 30.5. The summed E-state index contributed by atoms with van der Waals surface area (Å²) < 4.78 is 31.8. The number of esters is 4. The maximum absolute atomic E-state index is 11.5. The fourth-order valence-corrected chi connectivity index (χ4v) is 9.24. The first kappa shape index (κ1) is 86.2. The summed E-state index contributed by atoms with van der Waals surface area (Å²) >= 11 is 0. The van der Waals surface area contributed by atoms with Crippen LogP contribution in [-0.2, 0) is 47.6 Å². The molecule has 0 spiro atoms. The van der Waals surface area contributed by atoms with Crippen LogP contribution in [0.15, 0.2) is 0 Å². The van der Waals surface area contributed by atoms with Gasteiger partial charge >= 0.3 is 23.9 Å². The zero-order valence-corrected chi connectivity index (χ0v) is 57.7. The van der Waals surface area contributed by atoms with E-state index >= 15 is 0 Å². The van der Waals surface area contributed by atoms with Crippen LogP contribution in [0.2, 0.25) is 0 Å². The second-order valence-corrected chi connectivity index (χ2v) is 24.1. The maximum atomic E-state index is 11.5. The second kappa shape index (κ2) is 69.6. The molecule has 0 saturated carbocycles. The molecule has 1 aliphatic heterocycles. The van der Waals surface area contributed by atoms with E-state index in [1.54, 1.807) is 0 Å². The van der Waals surface area contributed by atoms with Crippen molar-refractivity contribution >= 4 is 23.9 Å². The van der Waals surface area contributed by atoms with Crippen molar-refractivity contribution in [2.24, 2.45) is 0 Å². The molecule has 0 aromatic rings. The summed E-state index contributed by atoms with van der Waals surface area (Å²) in [5.74, 6) is -0.256. The summed E-state index contributed by atoms with van der Waals surface area (Å²) in [4.78, 5) is 44.5. The number of unbranched alkanes of at least 4 members (excludes halogenated alkanes) is 32. The Balaban J connectivity index is -0.000000488. The van der Waals surface area contributed by atoms with Gasteiger partial charge in [0, 0.05) is 26.2 Å². The summed E-state index contributed by atoms with van der Waals surface area (Å²) in [7, 11) is 0. The third kappa shape index (κ3) is 72.1. The van der Waals surface area contributed by atoms with Crippen molar-refractivity contribution in [3.05, 3.63) is 0 Å². The predicted molar refractivity (Wildman–Crippen MR) is 351 cm³/mol. The molecule has 0 aromatic heterocycles. The molecule has 82 heavy (non-hydrogen) atoms. The zero-order valence-electron chi connectivity index (χ0n) is 57.7. The number of hydrogen-bond donors (Lipinski definition) is 0. The van der Waals surface area contributed by atoms with Gasteiger partial charge in [-0.05, 0) is 98.8 Å². The minimum absolute atomic E-state index is 0.0148. The smallest absolute Gasteiger partial charge is 0.306 e. The summed E-state index contributed by atoms with van der Waals surface area (Å²) in [5, 5.41) is 0. The molecule has 7 atom stereocenters. The summed E-state index contributed by atoms with van der Waals surface area (Å²) in [5.41, 5.74) is 0. The Morgan fingerprint density at radius 1 is 0.354 bits per heavy atom. The van der Waals surface area contributed by atoms with Gasteiger partial charge in [-0.1, -0.05) is 274 Å². The average molecular weight is 1170 g/mol. The molecule has 0 aliphatic carbocycles. The van der Waals surface area contributed by atoms with Crippen LogP contribution in [0.3, 0.4) is 0 Å². The standard InChI is InChI=1S/2C22H44O2.C12H24O2.C10H20O2.C6H12O2/c2*1-4-6-7-8-9-10-11-12-13-14-15-16-17-18-19-20-22(23)24-21(3)5-2;1-4-6-7-8-9-10-12(13)14-11(3)5-2;1-4-6-10-11-8(3)7-9(5-2)12-10;1-4-5(2)8-6(3)7/h2*21H,4-20H2,1-3H3;11H,4-10H2,1-3H3;8-10H,4-7H2,1-3H3;5H,4H2,1-3H3. The van der Waals surface area contributed by atoms with Gasteiger partial charge in [-0.15, -0.1) is 0 Å². The Kier molecular flexibility index (Phi) is 73.2. The number of ether oxygens (including phenoxy) is 6. The molecule has 10 heteroatoms. The lowest BCUT2D eigenvalue weighted by atomic mass is 10.0. The van der Waals surface area contributed by atoms with E-state index in [1.807, 2.05) is 55.4 Å². The van der Waals surface area contributed by atoms with Crippen molar-refractivity contribution in [2.45, 2.75) is 442 Å². The van der Waals surface area contributed by atoms with E-state index in [0.717, 1.165) is 77.0 Å². The number of carbonyl (C=O) groups excluding carboxylic acids is 4. The quantitative estimate of drug-likeness (QED) is 0.0330. The number of hydrogen-bond acceptors (Lipinski definition) is 10. The van der Waals surface area contributed by atoms with E-state index in [9.17, 15) is 19.2 Å². The third-order valence-corrected chi connectivity index (χ3v) is 15.4. The topological polar surface area (TPSA) is 124 Å². The molecule has 0 bridgehead atoms. The van der Waals surface area contributed by atoms with Gasteiger partial charge < -0.3 is 28.4 Å². The lowest BCUT2D eigenvalue weighted by Crippen LogP contribution is -2.36. The Morgan fingerprint density at radius 3 is 0.805 bits per heavy atom. The van der Waals surface area contributed by atoms with Crippen LogP contribution in [0.1, 0.15) is 399 Å². The lowest BCUT2D eigenvalue weighted by molar-refractivity contribution is -0.240. The van der Waals surface area contributed by atoms with Crippen LogP contribution < -0.4 is 0 Å². The second-order valence-electron chi connectivity index (χ2n) is 24.1. The van der Waals surface area contributed by atoms with Crippen LogP contribution in [0, 0.1) is 0 Å². The highest BCUT2D eigenvalue weighted by molar-refractivity contribution is 5.70. The molecule has 0 N–H and O–H groups in total. The Bertz CT molecular complexity index is 1250. The largest absolute Gasteiger partial charge is 0.463 e. The summed E-state index contributed by atoms with van der Waals surface area (Å²) in [6.07, 6.45) is 57.5. The Morgan fingerprint density at radius 2 is 0.598 bits per heavy atom. The normalized spacial score (nSPS) is 16.0. The fourth-order valence-electron chi connectivity index (χ4n) is 9.24. The number of rotatable bonds is 49. The Hall–Kier alpha value is -2.20. The van der Waals surface area contributed by atoms with Crippen LogP contribution in [0.4, 0.5) is 0 Å². The average Bonchev–Trinajstić information content (AvgIpc) is 3.45. The molecular formula is C72H144O10. The van der Waals surface area contributed by atoms with Crippen molar-refractivity contribution in [3.8, 4) is 0 Å². The van der Waals surface area contributed by atoms with Crippen molar-refractivity contribution in [3.63, 3.8) is 0 Å². The molecular weight excluding hydrogens is 1020 g/mol. The molecule has 1 heterocycles. The molecule has 0 radical (unpaired) electrons.